The molecule has 0 aromatic heterocycles. The number of hydrogen-bond acceptors (Lipinski definition) is 3. The summed E-state index contributed by atoms with van der Waals surface area (Å²) in [6, 6.07) is 13.5. The Hall–Kier alpha value is -2.00. The number of nitrogen functional groups attached to an aromatic ring is 2. The third-order valence-corrected chi connectivity index (χ3v) is 2.61. The highest BCUT2D eigenvalue weighted by atomic mass is 14.6. The van der Waals surface area contributed by atoms with Crippen LogP contribution in [0, 0.1) is 0 Å². The van der Waals surface area contributed by atoms with Crippen molar-refractivity contribution in [3.05, 3.63) is 48.0 Å². The van der Waals surface area contributed by atoms with E-state index in [2.05, 4.69) is 0 Å². The van der Waals surface area contributed by atoms with Gasteiger partial charge in [0, 0.05) is 17.9 Å². The molecule has 0 saturated heterocycles. The standard InChI is InChI=1S/C13H15N3/c14-8-12-11(5-2-6-13(12)16)9-3-1-4-10(15)7-9/h1-7H,8,14-16H2. The van der Waals surface area contributed by atoms with Crippen LogP contribution in [0.5, 0.6) is 0 Å². The number of benzene rings is 2. The summed E-state index contributed by atoms with van der Waals surface area (Å²) >= 11 is 0. The largest absolute Gasteiger partial charge is 0.399 e. The Kier molecular flexibility index (Phi) is 2.79. The Morgan fingerprint density at radius 3 is 2.38 bits per heavy atom. The van der Waals surface area contributed by atoms with Gasteiger partial charge in [0.05, 0.1) is 0 Å². The molecule has 0 saturated carbocycles. The van der Waals surface area contributed by atoms with E-state index in [1.54, 1.807) is 0 Å². The van der Waals surface area contributed by atoms with Gasteiger partial charge in [0.25, 0.3) is 0 Å². The Morgan fingerprint density at radius 2 is 1.69 bits per heavy atom. The highest BCUT2D eigenvalue weighted by Gasteiger charge is 2.06. The van der Waals surface area contributed by atoms with Crippen LogP contribution in [0.3, 0.4) is 0 Å². The molecule has 0 bridgehead atoms. The second kappa shape index (κ2) is 4.24. The van der Waals surface area contributed by atoms with E-state index in [4.69, 9.17) is 17.2 Å². The van der Waals surface area contributed by atoms with Crippen LogP contribution in [0.2, 0.25) is 0 Å². The SMILES string of the molecule is NCc1c(N)cccc1-c1cccc(N)c1. The molecular formula is C13H15N3. The quantitative estimate of drug-likeness (QED) is 0.667. The van der Waals surface area contributed by atoms with Crippen molar-refractivity contribution in [1.29, 1.82) is 0 Å². The molecule has 2 aromatic rings. The first-order chi connectivity index (χ1) is 7.72. The van der Waals surface area contributed by atoms with Gasteiger partial charge in [0.2, 0.25) is 0 Å². The summed E-state index contributed by atoms with van der Waals surface area (Å²) in [7, 11) is 0. The van der Waals surface area contributed by atoms with Gasteiger partial charge in [-0.3, -0.25) is 0 Å². The van der Waals surface area contributed by atoms with E-state index >= 15 is 0 Å². The van der Waals surface area contributed by atoms with Crippen molar-refractivity contribution in [2.24, 2.45) is 5.73 Å². The maximum absolute atomic E-state index is 5.90. The first kappa shape index (κ1) is 10.5. The van der Waals surface area contributed by atoms with Gasteiger partial charge < -0.3 is 17.2 Å². The highest BCUT2D eigenvalue weighted by Crippen LogP contribution is 2.28. The maximum atomic E-state index is 5.90. The molecule has 0 fully saturated rings. The molecule has 0 aliphatic rings. The van der Waals surface area contributed by atoms with Crippen molar-refractivity contribution < 1.29 is 0 Å². The molecule has 16 heavy (non-hydrogen) atoms. The predicted molar refractivity (Wildman–Crippen MR) is 68.6 cm³/mol. The lowest BCUT2D eigenvalue weighted by atomic mass is 9.98. The number of hydrogen-bond donors (Lipinski definition) is 3. The van der Waals surface area contributed by atoms with Gasteiger partial charge >= 0.3 is 0 Å². The molecule has 82 valence electrons. The molecule has 0 radical (unpaired) electrons. The van der Waals surface area contributed by atoms with E-state index in [0.717, 1.165) is 28.1 Å². The fraction of sp³-hybridized carbons (Fsp3) is 0.0769. The molecule has 3 heteroatoms. The molecule has 0 unspecified atom stereocenters. The lowest BCUT2D eigenvalue weighted by Crippen LogP contribution is -2.03. The Morgan fingerprint density at radius 1 is 0.938 bits per heavy atom. The number of anilines is 2. The van der Waals surface area contributed by atoms with Gasteiger partial charge in [-0.2, -0.15) is 0 Å². The molecule has 0 heterocycles. The second-order valence-electron chi connectivity index (χ2n) is 3.70. The Bertz CT molecular complexity index is 506. The minimum absolute atomic E-state index is 0.427. The molecule has 2 aromatic carbocycles. The predicted octanol–water partition coefficient (Wildman–Crippen LogP) is 1.98. The number of nitrogens with two attached hydrogens (primary N) is 3. The monoisotopic (exact) mass is 213 g/mol. The zero-order valence-electron chi connectivity index (χ0n) is 8.98. The summed E-state index contributed by atoms with van der Waals surface area (Å²) in [4.78, 5) is 0. The Labute approximate surface area is 94.9 Å². The lowest BCUT2D eigenvalue weighted by molar-refractivity contribution is 1.08. The van der Waals surface area contributed by atoms with Crippen molar-refractivity contribution in [2.45, 2.75) is 6.54 Å². The zero-order valence-corrected chi connectivity index (χ0v) is 8.98. The van der Waals surface area contributed by atoms with Crippen molar-refractivity contribution in [3.8, 4) is 11.1 Å². The number of rotatable bonds is 2. The topological polar surface area (TPSA) is 78.1 Å². The maximum Gasteiger partial charge on any atom is 0.0365 e. The normalized spacial score (nSPS) is 10.3. The summed E-state index contributed by atoms with van der Waals surface area (Å²) in [6.45, 7) is 0.427. The molecule has 0 aliphatic carbocycles. The van der Waals surface area contributed by atoms with Crippen LogP contribution >= 0.6 is 0 Å². The third-order valence-electron chi connectivity index (χ3n) is 2.61. The van der Waals surface area contributed by atoms with Crippen molar-refractivity contribution in [1.82, 2.24) is 0 Å². The fourth-order valence-electron chi connectivity index (χ4n) is 1.81. The fourth-order valence-corrected chi connectivity index (χ4v) is 1.81. The first-order valence-corrected chi connectivity index (χ1v) is 5.15. The lowest BCUT2D eigenvalue weighted by Gasteiger charge is -2.11. The van der Waals surface area contributed by atoms with Crippen LogP contribution < -0.4 is 17.2 Å². The van der Waals surface area contributed by atoms with Crippen LogP contribution in [0.4, 0.5) is 11.4 Å². The van der Waals surface area contributed by atoms with Gasteiger partial charge in [-0.15, -0.1) is 0 Å². The molecule has 0 atom stereocenters. The van der Waals surface area contributed by atoms with Crippen molar-refractivity contribution in [3.63, 3.8) is 0 Å². The molecule has 0 aliphatic heterocycles. The third kappa shape index (κ3) is 1.85. The van der Waals surface area contributed by atoms with E-state index in [0.29, 0.717) is 6.54 Å². The van der Waals surface area contributed by atoms with E-state index in [1.807, 2.05) is 42.5 Å². The molecule has 0 spiro atoms. The van der Waals surface area contributed by atoms with Crippen molar-refractivity contribution in [2.75, 3.05) is 11.5 Å². The molecule has 3 nitrogen and oxygen atoms in total. The van der Waals surface area contributed by atoms with E-state index in [-0.39, 0.29) is 0 Å². The average molecular weight is 213 g/mol. The zero-order chi connectivity index (χ0) is 11.5. The van der Waals surface area contributed by atoms with Crippen LogP contribution in [-0.2, 0) is 6.54 Å². The smallest absolute Gasteiger partial charge is 0.0365 e. The van der Waals surface area contributed by atoms with Gasteiger partial charge in [-0.25, -0.2) is 0 Å². The highest BCUT2D eigenvalue weighted by molar-refractivity contribution is 5.74. The van der Waals surface area contributed by atoms with E-state index in [9.17, 15) is 0 Å². The summed E-state index contributed by atoms with van der Waals surface area (Å²) < 4.78 is 0. The first-order valence-electron chi connectivity index (χ1n) is 5.15. The van der Waals surface area contributed by atoms with Crippen molar-refractivity contribution >= 4 is 11.4 Å². The molecule has 6 N–H and O–H groups in total. The minimum Gasteiger partial charge on any atom is -0.399 e. The summed E-state index contributed by atoms with van der Waals surface area (Å²) in [5, 5.41) is 0. The van der Waals surface area contributed by atoms with Crippen LogP contribution in [0.25, 0.3) is 11.1 Å². The molecule has 2 rings (SSSR count). The molecule has 0 amide bonds. The van der Waals surface area contributed by atoms with Crippen LogP contribution in [0.1, 0.15) is 5.56 Å². The summed E-state index contributed by atoms with van der Waals surface area (Å²) in [5.41, 5.74) is 21.9. The van der Waals surface area contributed by atoms with Gasteiger partial charge in [0.1, 0.15) is 0 Å². The summed E-state index contributed by atoms with van der Waals surface area (Å²) in [5.74, 6) is 0. The van der Waals surface area contributed by atoms with Gasteiger partial charge in [-0.05, 0) is 34.9 Å². The van der Waals surface area contributed by atoms with Crippen LogP contribution in [0.15, 0.2) is 42.5 Å². The average Bonchev–Trinajstić information content (AvgIpc) is 2.28. The van der Waals surface area contributed by atoms with Gasteiger partial charge in [-0.1, -0.05) is 24.3 Å². The van der Waals surface area contributed by atoms with E-state index < -0.39 is 0 Å². The Balaban J connectivity index is 2.60. The second-order valence-corrected chi connectivity index (χ2v) is 3.70. The van der Waals surface area contributed by atoms with Gasteiger partial charge in [0.15, 0.2) is 0 Å². The van der Waals surface area contributed by atoms with E-state index in [1.165, 1.54) is 0 Å². The minimum atomic E-state index is 0.427. The van der Waals surface area contributed by atoms with Crippen LogP contribution in [-0.4, -0.2) is 0 Å². The summed E-state index contributed by atoms with van der Waals surface area (Å²) in [6.07, 6.45) is 0. The molecular weight excluding hydrogens is 198 g/mol.